The summed E-state index contributed by atoms with van der Waals surface area (Å²) in [5.74, 6) is -0.880. The molecule has 0 saturated carbocycles. The Hall–Kier alpha value is -0.610. The summed E-state index contributed by atoms with van der Waals surface area (Å²) in [7, 11) is 0. The minimum Gasteiger partial charge on any atom is -0.481 e. The van der Waals surface area contributed by atoms with Gasteiger partial charge in [0, 0.05) is 13.0 Å². The number of rotatable bonds is 9. The second kappa shape index (κ2) is 8.97. The van der Waals surface area contributed by atoms with Crippen LogP contribution in [0.3, 0.4) is 0 Å². The van der Waals surface area contributed by atoms with Gasteiger partial charge in [-0.2, -0.15) is 0 Å². The first kappa shape index (κ1) is 13.4. The molecule has 2 N–H and O–H groups in total. The Morgan fingerprint density at radius 3 is 2.71 bits per heavy atom. The fraction of sp³-hybridized carbons (Fsp3) is 0.900. The van der Waals surface area contributed by atoms with Gasteiger partial charge in [-0.3, -0.25) is 4.79 Å². The number of unbranched alkanes of at least 4 members (excludes halogenated alkanes) is 2. The summed E-state index contributed by atoms with van der Waals surface area (Å²) < 4.78 is 5.19. The molecule has 0 aliphatic rings. The third kappa shape index (κ3) is 9.48. The monoisotopic (exact) mass is 204 g/mol. The highest BCUT2D eigenvalue weighted by Crippen LogP contribution is 1.99. The molecule has 0 aromatic heterocycles. The van der Waals surface area contributed by atoms with Crippen molar-refractivity contribution in [2.45, 2.75) is 45.1 Å². The van der Waals surface area contributed by atoms with E-state index in [4.69, 9.17) is 9.84 Å². The van der Waals surface area contributed by atoms with E-state index in [9.17, 15) is 9.90 Å². The number of carbonyl (C=O) groups is 1. The minimum atomic E-state index is -0.880. The molecule has 4 nitrogen and oxygen atoms in total. The van der Waals surface area contributed by atoms with Gasteiger partial charge in [0.2, 0.25) is 0 Å². The molecule has 0 bridgehead atoms. The van der Waals surface area contributed by atoms with Crippen LogP contribution in [0, 0.1) is 0 Å². The normalized spacial score (nSPS) is 12.7. The van der Waals surface area contributed by atoms with Crippen molar-refractivity contribution < 1.29 is 19.7 Å². The molecule has 1 atom stereocenters. The molecule has 14 heavy (non-hydrogen) atoms. The lowest BCUT2D eigenvalue weighted by molar-refractivity contribution is -0.137. The zero-order valence-electron chi connectivity index (χ0n) is 8.74. The summed E-state index contributed by atoms with van der Waals surface area (Å²) in [6.07, 6.45) is 2.90. The molecule has 0 aromatic carbocycles. The first-order chi connectivity index (χ1) is 6.66. The highest BCUT2D eigenvalue weighted by Gasteiger charge is 2.06. The zero-order chi connectivity index (χ0) is 10.8. The predicted molar refractivity (Wildman–Crippen MR) is 53.2 cm³/mol. The second-order valence-electron chi connectivity index (χ2n) is 3.37. The first-order valence-corrected chi connectivity index (χ1v) is 5.14. The average Bonchev–Trinajstić information content (AvgIpc) is 2.14. The number of carboxylic acids is 1. The van der Waals surface area contributed by atoms with Crippen LogP contribution < -0.4 is 0 Å². The number of hydrogen-bond acceptors (Lipinski definition) is 3. The number of aliphatic carboxylic acids is 1. The van der Waals surface area contributed by atoms with Crippen LogP contribution in [0.5, 0.6) is 0 Å². The van der Waals surface area contributed by atoms with E-state index in [1.54, 1.807) is 0 Å². The van der Waals surface area contributed by atoms with E-state index in [1.807, 2.05) is 0 Å². The minimum absolute atomic E-state index is 0.000509. The van der Waals surface area contributed by atoms with Gasteiger partial charge in [-0.25, -0.2) is 0 Å². The molecular formula is C10H20O4. The number of aliphatic hydroxyl groups is 1. The van der Waals surface area contributed by atoms with Crippen molar-refractivity contribution >= 4 is 5.97 Å². The predicted octanol–water partition coefficient (Wildman–Crippen LogP) is 1.42. The van der Waals surface area contributed by atoms with Gasteiger partial charge in [-0.1, -0.05) is 19.8 Å². The lowest BCUT2D eigenvalue weighted by atomic mass is 10.2. The fourth-order valence-corrected chi connectivity index (χ4v) is 1.05. The van der Waals surface area contributed by atoms with Crippen LogP contribution in [0.4, 0.5) is 0 Å². The van der Waals surface area contributed by atoms with Crippen molar-refractivity contribution in [3.8, 4) is 0 Å². The Morgan fingerprint density at radius 2 is 2.14 bits per heavy atom. The maximum atomic E-state index is 10.2. The molecule has 0 aliphatic heterocycles. The molecule has 84 valence electrons. The van der Waals surface area contributed by atoms with Gasteiger partial charge >= 0.3 is 5.97 Å². The molecule has 0 saturated heterocycles. The molecule has 0 aliphatic carbocycles. The van der Waals surface area contributed by atoms with Crippen LogP contribution >= 0.6 is 0 Å². The molecule has 0 spiro atoms. The standard InChI is InChI=1S/C10H20O4/c1-2-3-4-7-14-8-9(11)5-6-10(12)13/h9,11H,2-8H2,1H3,(H,12,13). The van der Waals surface area contributed by atoms with E-state index in [-0.39, 0.29) is 19.4 Å². The SMILES string of the molecule is CCCCCOCC(O)CCC(=O)O. The van der Waals surface area contributed by atoms with Gasteiger partial charge in [0.15, 0.2) is 0 Å². The molecule has 0 aromatic rings. The Morgan fingerprint density at radius 1 is 1.43 bits per heavy atom. The van der Waals surface area contributed by atoms with Crippen LogP contribution in [0.2, 0.25) is 0 Å². The van der Waals surface area contributed by atoms with Crippen molar-refractivity contribution in [2.24, 2.45) is 0 Å². The van der Waals surface area contributed by atoms with E-state index in [1.165, 1.54) is 0 Å². The van der Waals surface area contributed by atoms with Gasteiger partial charge in [0.25, 0.3) is 0 Å². The summed E-state index contributed by atoms with van der Waals surface area (Å²) in [5.41, 5.74) is 0. The van der Waals surface area contributed by atoms with Crippen molar-refractivity contribution in [1.29, 1.82) is 0 Å². The topological polar surface area (TPSA) is 66.8 Å². The maximum absolute atomic E-state index is 10.2. The Bertz CT molecular complexity index is 147. The summed E-state index contributed by atoms with van der Waals surface area (Å²) in [5, 5.41) is 17.6. The third-order valence-corrected chi connectivity index (χ3v) is 1.89. The largest absolute Gasteiger partial charge is 0.481 e. The summed E-state index contributed by atoms with van der Waals surface area (Å²) in [6.45, 7) is 3.01. The molecule has 0 radical (unpaired) electrons. The molecule has 0 rings (SSSR count). The Kier molecular flexibility index (Phi) is 8.57. The quantitative estimate of drug-likeness (QED) is 0.557. The second-order valence-corrected chi connectivity index (χ2v) is 3.37. The van der Waals surface area contributed by atoms with Crippen LogP contribution in [0.25, 0.3) is 0 Å². The van der Waals surface area contributed by atoms with Gasteiger partial charge < -0.3 is 14.9 Å². The molecule has 4 heteroatoms. The highest BCUT2D eigenvalue weighted by molar-refractivity contribution is 5.66. The van der Waals surface area contributed by atoms with E-state index in [2.05, 4.69) is 6.92 Å². The van der Waals surface area contributed by atoms with Gasteiger partial charge in [-0.05, 0) is 12.8 Å². The number of aliphatic hydroxyl groups excluding tert-OH is 1. The highest BCUT2D eigenvalue weighted by atomic mass is 16.5. The fourth-order valence-electron chi connectivity index (χ4n) is 1.05. The lowest BCUT2D eigenvalue weighted by Gasteiger charge is -2.09. The Balaban J connectivity index is 3.18. The van der Waals surface area contributed by atoms with Crippen LogP contribution in [0.15, 0.2) is 0 Å². The Labute approximate surface area is 84.9 Å². The number of hydrogen-bond donors (Lipinski definition) is 2. The molecular weight excluding hydrogens is 184 g/mol. The van der Waals surface area contributed by atoms with Gasteiger partial charge in [-0.15, -0.1) is 0 Å². The van der Waals surface area contributed by atoms with Crippen molar-refractivity contribution in [2.75, 3.05) is 13.2 Å². The molecule has 0 fully saturated rings. The molecule has 0 heterocycles. The maximum Gasteiger partial charge on any atom is 0.303 e. The average molecular weight is 204 g/mol. The summed E-state index contributed by atoms with van der Waals surface area (Å²) in [6, 6.07) is 0. The molecule has 1 unspecified atom stereocenters. The summed E-state index contributed by atoms with van der Waals surface area (Å²) >= 11 is 0. The van der Waals surface area contributed by atoms with E-state index < -0.39 is 12.1 Å². The first-order valence-electron chi connectivity index (χ1n) is 5.14. The summed E-state index contributed by atoms with van der Waals surface area (Å²) in [4.78, 5) is 10.2. The van der Waals surface area contributed by atoms with Crippen LogP contribution in [-0.2, 0) is 9.53 Å². The zero-order valence-corrected chi connectivity index (χ0v) is 8.74. The van der Waals surface area contributed by atoms with E-state index in [0.29, 0.717) is 6.61 Å². The van der Waals surface area contributed by atoms with Gasteiger partial charge in [0.1, 0.15) is 0 Å². The third-order valence-electron chi connectivity index (χ3n) is 1.89. The van der Waals surface area contributed by atoms with E-state index in [0.717, 1.165) is 19.3 Å². The number of carboxylic acid groups (broad SMARTS) is 1. The van der Waals surface area contributed by atoms with Crippen molar-refractivity contribution in [1.82, 2.24) is 0 Å². The smallest absolute Gasteiger partial charge is 0.303 e. The van der Waals surface area contributed by atoms with Crippen molar-refractivity contribution in [3.05, 3.63) is 0 Å². The van der Waals surface area contributed by atoms with Crippen LogP contribution in [-0.4, -0.2) is 35.5 Å². The molecule has 0 amide bonds. The number of ether oxygens (including phenoxy) is 1. The van der Waals surface area contributed by atoms with Crippen molar-refractivity contribution in [3.63, 3.8) is 0 Å². The van der Waals surface area contributed by atoms with Gasteiger partial charge in [0.05, 0.1) is 12.7 Å². The lowest BCUT2D eigenvalue weighted by Crippen LogP contribution is -2.17. The van der Waals surface area contributed by atoms with E-state index >= 15 is 0 Å². The van der Waals surface area contributed by atoms with Crippen LogP contribution in [0.1, 0.15) is 39.0 Å².